The van der Waals surface area contributed by atoms with Crippen LogP contribution in [-0.2, 0) is 10.0 Å². The summed E-state index contributed by atoms with van der Waals surface area (Å²) >= 11 is 5.24. The molecule has 0 aromatic heterocycles. The van der Waals surface area contributed by atoms with Gasteiger partial charge in [-0.05, 0) is 75.3 Å². The fourth-order valence-corrected chi connectivity index (χ4v) is 5.04. The van der Waals surface area contributed by atoms with Gasteiger partial charge in [0.05, 0.1) is 16.6 Å². The van der Waals surface area contributed by atoms with E-state index in [2.05, 4.69) is 10.6 Å². The number of thiocarbonyl (C=S) groups is 1. The number of anilines is 1. The van der Waals surface area contributed by atoms with E-state index in [1.807, 2.05) is 13.8 Å². The summed E-state index contributed by atoms with van der Waals surface area (Å²) in [6, 6.07) is 13.3. The lowest BCUT2D eigenvalue weighted by molar-refractivity contribution is 0.0972. The van der Waals surface area contributed by atoms with Crippen molar-refractivity contribution in [1.29, 1.82) is 0 Å². The summed E-state index contributed by atoms with van der Waals surface area (Å²) in [5.41, 5.74) is 0.956. The van der Waals surface area contributed by atoms with Crippen LogP contribution in [0.4, 0.5) is 5.69 Å². The molecule has 1 aliphatic rings. The number of nitrogens with zero attached hydrogens (tertiary/aromatic N) is 1. The molecule has 3 rings (SSSR count). The number of rotatable bonds is 6. The minimum atomic E-state index is -3.49. The normalized spacial score (nSPS) is 14.8. The van der Waals surface area contributed by atoms with Gasteiger partial charge in [-0.3, -0.25) is 10.1 Å². The van der Waals surface area contributed by atoms with E-state index in [1.165, 1.54) is 4.31 Å². The highest BCUT2D eigenvalue weighted by molar-refractivity contribution is 7.89. The van der Waals surface area contributed by atoms with Gasteiger partial charge in [-0.1, -0.05) is 18.6 Å². The molecule has 0 unspecified atom stereocenters. The minimum Gasteiger partial charge on any atom is -0.490 e. The number of sulfonamides is 1. The standard InChI is InChI=1S/C22H27N3O4S2/c1-16(2)29-20-9-5-4-8-19(20)21(26)24-22(30)23-17-10-12-18(13-11-17)31(27,28)25-14-6-3-7-15-25/h4-5,8-13,16H,3,6-7,14-15H2,1-2H3,(H2,23,24,26,30). The van der Waals surface area contributed by atoms with E-state index >= 15 is 0 Å². The molecule has 0 aliphatic carbocycles. The van der Waals surface area contributed by atoms with Crippen molar-refractivity contribution >= 4 is 38.9 Å². The van der Waals surface area contributed by atoms with Crippen LogP contribution < -0.4 is 15.4 Å². The summed E-state index contributed by atoms with van der Waals surface area (Å²) in [5.74, 6) is 0.0862. The summed E-state index contributed by atoms with van der Waals surface area (Å²) in [5, 5.41) is 5.65. The summed E-state index contributed by atoms with van der Waals surface area (Å²) in [7, 11) is -3.49. The van der Waals surface area contributed by atoms with Gasteiger partial charge in [-0.25, -0.2) is 8.42 Å². The van der Waals surface area contributed by atoms with Gasteiger partial charge in [0.15, 0.2) is 5.11 Å². The Hall–Kier alpha value is -2.49. The Balaban J connectivity index is 1.63. The molecule has 2 aromatic carbocycles. The number of para-hydroxylation sites is 1. The predicted octanol–water partition coefficient (Wildman–Crippen LogP) is 3.78. The largest absolute Gasteiger partial charge is 0.490 e. The molecule has 0 bridgehead atoms. The van der Waals surface area contributed by atoms with Crippen molar-refractivity contribution in [3.8, 4) is 5.75 Å². The van der Waals surface area contributed by atoms with E-state index < -0.39 is 15.9 Å². The Morgan fingerprint density at radius 2 is 1.68 bits per heavy atom. The first-order chi connectivity index (χ1) is 14.8. The van der Waals surface area contributed by atoms with E-state index in [0.717, 1.165) is 19.3 Å². The quantitative estimate of drug-likeness (QED) is 0.637. The highest BCUT2D eigenvalue weighted by atomic mass is 32.2. The second-order valence-corrected chi connectivity index (χ2v) is 9.91. The number of hydrogen-bond acceptors (Lipinski definition) is 5. The van der Waals surface area contributed by atoms with Gasteiger partial charge < -0.3 is 10.1 Å². The van der Waals surface area contributed by atoms with E-state index in [1.54, 1.807) is 48.5 Å². The molecule has 166 valence electrons. The van der Waals surface area contributed by atoms with Crippen molar-refractivity contribution in [2.45, 2.75) is 44.1 Å². The van der Waals surface area contributed by atoms with E-state index in [4.69, 9.17) is 17.0 Å². The number of ether oxygens (including phenoxy) is 1. The van der Waals surface area contributed by atoms with Crippen LogP contribution in [0, 0.1) is 0 Å². The summed E-state index contributed by atoms with van der Waals surface area (Å²) in [4.78, 5) is 12.8. The molecule has 1 heterocycles. The topological polar surface area (TPSA) is 87.7 Å². The maximum Gasteiger partial charge on any atom is 0.261 e. The summed E-state index contributed by atoms with van der Waals surface area (Å²) in [6.45, 7) is 4.88. The fourth-order valence-electron chi connectivity index (χ4n) is 3.31. The van der Waals surface area contributed by atoms with Gasteiger partial charge >= 0.3 is 0 Å². The van der Waals surface area contributed by atoms with Crippen LogP contribution in [0.25, 0.3) is 0 Å². The molecule has 1 fully saturated rings. The lowest BCUT2D eigenvalue weighted by Crippen LogP contribution is -2.35. The van der Waals surface area contributed by atoms with Gasteiger partial charge in [0.1, 0.15) is 5.75 Å². The van der Waals surface area contributed by atoms with Crippen LogP contribution in [0.1, 0.15) is 43.5 Å². The molecule has 0 atom stereocenters. The highest BCUT2D eigenvalue weighted by Gasteiger charge is 2.25. The average molecular weight is 462 g/mol. The summed E-state index contributed by atoms with van der Waals surface area (Å²) in [6.07, 6.45) is 2.77. The van der Waals surface area contributed by atoms with Crippen LogP contribution in [0.3, 0.4) is 0 Å². The van der Waals surface area contributed by atoms with Gasteiger partial charge in [-0.15, -0.1) is 0 Å². The van der Waals surface area contributed by atoms with Gasteiger partial charge in [-0.2, -0.15) is 4.31 Å². The third-order valence-corrected chi connectivity index (χ3v) is 6.90. The number of carbonyl (C=O) groups excluding carboxylic acids is 1. The molecule has 9 heteroatoms. The SMILES string of the molecule is CC(C)Oc1ccccc1C(=O)NC(=S)Nc1ccc(S(=O)(=O)N2CCCCC2)cc1. The molecule has 1 amide bonds. The highest BCUT2D eigenvalue weighted by Crippen LogP contribution is 2.22. The van der Waals surface area contributed by atoms with Crippen molar-refractivity contribution in [2.75, 3.05) is 18.4 Å². The van der Waals surface area contributed by atoms with Gasteiger partial charge in [0.25, 0.3) is 5.91 Å². The zero-order chi connectivity index (χ0) is 22.4. The third-order valence-electron chi connectivity index (χ3n) is 4.79. The fraction of sp³-hybridized carbons (Fsp3) is 0.364. The van der Waals surface area contributed by atoms with Crippen LogP contribution in [0.5, 0.6) is 5.75 Å². The van der Waals surface area contributed by atoms with Crippen molar-refractivity contribution in [1.82, 2.24) is 9.62 Å². The molecule has 1 aliphatic heterocycles. The van der Waals surface area contributed by atoms with Crippen LogP contribution in [0.2, 0.25) is 0 Å². The van der Waals surface area contributed by atoms with Crippen molar-refractivity contribution in [2.24, 2.45) is 0 Å². The minimum absolute atomic E-state index is 0.0706. The maximum atomic E-state index is 12.7. The lowest BCUT2D eigenvalue weighted by Gasteiger charge is -2.25. The first kappa shape index (κ1) is 23.2. The van der Waals surface area contributed by atoms with Gasteiger partial charge in [0.2, 0.25) is 10.0 Å². The van der Waals surface area contributed by atoms with Crippen molar-refractivity contribution < 1.29 is 17.9 Å². The number of benzene rings is 2. The Bertz CT molecular complexity index is 1030. The molecule has 2 N–H and O–H groups in total. The first-order valence-electron chi connectivity index (χ1n) is 10.3. The number of amides is 1. The van der Waals surface area contributed by atoms with E-state index in [0.29, 0.717) is 30.1 Å². The number of piperidine rings is 1. The molecular formula is C22H27N3O4S2. The maximum absolute atomic E-state index is 12.7. The zero-order valence-corrected chi connectivity index (χ0v) is 19.3. The Morgan fingerprint density at radius 3 is 2.32 bits per heavy atom. The Labute approximate surface area is 188 Å². The van der Waals surface area contributed by atoms with Crippen LogP contribution in [0.15, 0.2) is 53.4 Å². The van der Waals surface area contributed by atoms with Crippen molar-refractivity contribution in [3.63, 3.8) is 0 Å². The molecule has 1 saturated heterocycles. The second kappa shape index (κ2) is 10.2. The average Bonchev–Trinajstić information content (AvgIpc) is 2.74. The van der Waals surface area contributed by atoms with Crippen molar-refractivity contribution in [3.05, 3.63) is 54.1 Å². The van der Waals surface area contributed by atoms with Gasteiger partial charge in [0, 0.05) is 18.8 Å². The van der Waals surface area contributed by atoms with E-state index in [9.17, 15) is 13.2 Å². The Morgan fingerprint density at radius 1 is 1.03 bits per heavy atom. The second-order valence-electron chi connectivity index (χ2n) is 7.56. The number of hydrogen-bond donors (Lipinski definition) is 2. The molecule has 0 spiro atoms. The summed E-state index contributed by atoms with van der Waals surface area (Å²) < 4.78 is 32.7. The molecule has 2 aromatic rings. The lowest BCUT2D eigenvalue weighted by atomic mass is 10.2. The molecule has 31 heavy (non-hydrogen) atoms. The number of nitrogens with one attached hydrogen (secondary N) is 2. The molecular weight excluding hydrogens is 434 g/mol. The number of carbonyl (C=O) groups is 1. The van der Waals surface area contributed by atoms with Crippen LogP contribution >= 0.6 is 12.2 Å². The van der Waals surface area contributed by atoms with Crippen LogP contribution in [-0.4, -0.2) is 42.9 Å². The molecule has 0 radical (unpaired) electrons. The smallest absolute Gasteiger partial charge is 0.261 e. The molecule has 7 nitrogen and oxygen atoms in total. The zero-order valence-electron chi connectivity index (χ0n) is 17.6. The Kier molecular flexibility index (Phi) is 7.64. The van der Waals surface area contributed by atoms with E-state index in [-0.39, 0.29) is 16.1 Å². The monoisotopic (exact) mass is 461 g/mol. The molecule has 0 saturated carbocycles. The third kappa shape index (κ3) is 6.03. The first-order valence-corrected chi connectivity index (χ1v) is 12.1. The predicted molar refractivity (Wildman–Crippen MR) is 125 cm³/mol.